The zero-order valence-corrected chi connectivity index (χ0v) is 15.2. The van der Waals surface area contributed by atoms with Crippen LogP contribution in [0.25, 0.3) is 0 Å². The first-order valence-corrected chi connectivity index (χ1v) is 8.09. The molecule has 0 saturated carbocycles. The molecule has 0 aliphatic rings. The van der Waals surface area contributed by atoms with E-state index in [1.54, 1.807) is 12.1 Å². The van der Waals surface area contributed by atoms with Gasteiger partial charge in [0.2, 0.25) is 0 Å². The number of ether oxygens (including phenoxy) is 1. The summed E-state index contributed by atoms with van der Waals surface area (Å²) in [5.41, 5.74) is 5.43. The van der Waals surface area contributed by atoms with Gasteiger partial charge in [-0.2, -0.15) is 0 Å². The van der Waals surface area contributed by atoms with Gasteiger partial charge >= 0.3 is 0 Å². The van der Waals surface area contributed by atoms with Gasteiger partial charge in [-0.05, 0) is 74.6 Å². The summed E-state index contributed by atoms with van der Waals surface area (Å²) in [5, 5.41) is 9.58. The SMILES string of the molecule is C=C(C)Cc1cc(C)c(Oc2ccc(O)c(C)c2)c(C)c1.CC. The zero-order chi connectivity index (χ0) is 17.6. The van der Waals surface area contributed by atoms with Crippen molar-refractivity contribution in [2.75, 3.05) is 0 Å². The fourth-order valence-electron chi connectivity index (χ4n) is 2.46. The van der Waals surface area contributed by atoms with Crippen molar-refractivity contribution in [3.63, 3.8) is 0 Å². The minimum Gasteiger partial charge on any atom is -0.508 e. The highest BCUT2D eigenvalue weighted by Gasteiger charge is 2.09. The molecule has 0 fully saturated rings. The Balaban J connectivity index is 0.00000127. The van der Waals surface area contributed by atoms with Crippen molar-refractivity contribution >= 4 is 0 Å². The van der Waals surface area contributed by atoms with Gasteiger partial charge in [-0.3, -0.25) is 0 Å². The molecule has 0 saturated heterocycles. The van der Waals surface area contributed by atoms with Crippen molar-refractivity contribution in [2.45, 2.75) is 48.0 Å². The molecule has 0 unspecified atom stereocenters. The molecule has 0 aliphatic heterocycles. The van der Waals surface area contributed by atoms with Gasteiger partial charge in [-0.25, -0.2) is 0 Å². The van der Waals surface area contributed by atoms with Gasteiger partial charge in [-0.1, -0.05) is 38.1 Å². The number of phenolic OH excluding ortho intramolecular Hbond substituents is 1. The lowest BCUT2D eigenvalue weighted by molar-refractivity contribution is 0.458. The van der Waals surface area contributed by atoms with Crippen LogP contribution in [0.4, 0.5) is 0 Å². The van der Waals surface area contributed by atoms with Crippen LogP contribution in [0.15, 0.2) is 42.5 Å². The molecule has 0 spiro atoms. The standard InChI is InChI=1S/C19H22O2.C2H6/c1-12(2)8-16-9-14(4)19(15(5)10-16)21-17-6-7-18(20)13(3)11-17;1-2/h6-7,9-11,20H,1,8H2,2-5H3;1-2H3. The molecular formula is C21H28O2. The average Bonchev–Trinajstić information content (AvgIpc) is 2.48. The normalized spacial score (nSPS) is 9.83. The third kappa shape index (κ3) is 5.17. The summed E-state index contributed by atoms with van der Waals surface area (Å²) in [7, 11) is 0. The Morgan fingerprint density at radius 1 is 1.00 bits per heavy atom. The predicted molar refractivity (Wildman–Crippen MR) is 98.7 cm³/mol. The van der Waals surface area contributed by atoms with Gasteiger partial charge in [-0.15, -0.1) is 0 Å². The number of benzene rings is 2. The summed E-state index contributed by atoms with van der Waals surface area (Å²) < 4.78 is 6.00. The molecule has 0 aliphatic carbocycles. The van der Waals surface area contributed by atoms with Crippen LogP contribution in [0.5, 0.6) is 17.2 Å². The van der Waals surface area contributed by atoms with E-state index in [4.69, 9.17) is 4.74 Å². The lowest BCUT2D eigenvalue weighted by Gasteiger charge is -2.14. The van der Waals surface area contributed by atoms with Crippen molar-refractivity contribution in [3.05, 3.63) is 64.7 Å². The van der Waals surface area contributed by atoms with Gasteiger partial charge in [0.15, 0.2) is 0 Å². The highest BCUT2D eigenvalue weighted by Crippen LogP contribution is 2.32. The Kier molecular flexibility index (Phi) is 6.89. The first-order valence-electron chi connectivity index (χ1n) is 8.09. The maximum Gasteiger partial charge on any atom is 0.133 e. The minimum atomic E-state index is 0.285. The number of phenols is 1. The van der Waals surface area contributed by atoms with E-state index in [2.05, 4.69) is 32.6 Å². The first-order chi connectivity index (χ1) is 10.9. The number of allylic oxidation sites excluding steroid dienone is 1. The molecule has 2 nitrogen and oxygen atoms in total. The second-order valence-electron chi connectivity index (χ2n) is 5.74. The Labute approximate surface area is 140 Å². The summed E-state index contributed by atoms with van der Waals surface area (Å²) in [6.45, 7) is 16.0. The summed E-state index contributed by atoms with van der Waals surface area (Å²) in [6.07, 6.45) is 0.889. The summed E-state index contributed by atoms with van der Waals surface area (Å²) in [4.78, 5) is 0. The number of aryl methyl sites for hydroxylation is 3. The van der Waals surface area contributed by atoms with Crippen molar-refractivity contribution in [3.8, 4) is 17.2 Å². The van der Waals surface area contributed by atoms with E-state index < -0.39 is 0 Å². The van der Waals surface area contributed by atoms with Crippen LogP contribution in [0.1, 0.15) is 43.0 Å². The average molecular weight is 312 g/mol. The summed E-state index contributed by atoms with van der Waals surface area (Å²) in [6, 6.07) is 9.57. The van der Waals surface area contributed by atoms with Crippen LogP contribution in [0.2, 0.25) is 0 Å². The van der Waals surface area contributed by atoms with Crippen LogP contribution < -0.4 is 4.74 Å². The Bertz CT molecular complexity index is 661. The van der Waals surface area contributed by atoms with Gasteiger partial charge < -0.3 is 9.84 Å². The van der Waals surface area contributed by atoms with Crippen molar-refractivity contribution in [1.29, 1.82) is 0 Å². The van der Waals surface area contributed by atoms with E-state index in [-0.39, 0.29) is 5.75 Å². The number of hydrogen-bond donors (Lipinski definition) is 1. The van der Waals surface area contributed by atoms with Gasteiger partial charge in [0.05, 0.1) is 0 Å². The van der Waals surface area contributed by atoms with Crippen LogP contribution in [0, 0.1) is 20.8 Å². The van der Waals surface area contributed by atoms with E-state index in [1.807, 2.05) is 33.8 Å². The fourth-order valence-corrected chi connectivity index (χ4v) is 2.46. The smallest absolute Gasteiger partial charge is 0.133 e. The van der Waals surface area contributed by atoms with E-state index in [0.29, 0.717) is 0 Å². The molecular weight excluding hydrogens is 284 g/mol. The third-order valence-corrected chi connectivity index (χ3v) is 3.41. The first kappa shape index (κ1) is 18.8. The predicted octanol–water partition coefficient (Wildman–Crippen LogP) is 6.25. The van der Waals surface area contributed by atoms with E-state index >= 15 is 0 Å². The second kappa shape index (κ2) is 8.42. The Morgan fingerprint density at radius 2 is 1.57 bits per heavy atom. The number of aromatic hydroxyl groups is 1. The topological polar surface area (TPSA) is 29.5 Å². The maximum absolute atomic E-state index is 9.58. The third-order valence-electron chi connectivity index (χ3n) is 3.41. The highest BCUT2D eigenvalue weighted by molar-refractivity contribution is 5.48. The second-order valence-corrected chi connectivity index (χ2v) is 5.74. The molecule has 124 valence electrons. The molecule has 2 aromatic rings. The lowest BCUT2D eigenvalue weighted by Crippen LogP contribution is -1.95. The lowest BCUT2D eigenvalue weighted by atomic mass is 10.0. The van der Waals surface area contributed by atoms with Gasteiger partial charge in [0.1, 0.15) is 17.2 Å². The van der Waals surface area contributed by atoms with Crippen LogP contribution >= 0.6 is 0 Å². The van der Waals surface area contributed by atoms with Crippen molar-refractivity contribution in [1.82, 2.24) is 0 Å². The zero-order valence-electron chi connectivity index (χ0n) is 15.2. The molecule has 0 heterocycles. The highest BCUT2D eigenvalue weighted by atomic mass is 16.5. The number of hydrogen-bond acceptors (Lipinski definition) is 2. The van der Waals surface area contributed by atoms with Gasteiger partial charge in [0, 0.05) is 0 Å². The summed E-state index contributed by atoms with van der Waals surface area (Å²) in [5.74, 6) is 1.90. The largest absolute Gasteiger partial charge is 0.508 e. The minimum absolute atomic E-state index is 0.285. The molecule has 1 N–H and O–H groups in total. The number of rotatable bonds is 4. The molecule has 0 bridgehead atoms. The molecule has 2 heteroatoms. The van der Waals surface area contributed by atoms with Crippen molar-refractivity contribution in [2.24, 2.45) is 0 Å². The molecule has 0 amide bonds. The molecule has 2 aromatic carbocycles. The summed E-state index contributed by atoms with van der Waals surface area (Å²) >= 11 is 0. The quantitative estimate of drug-likeness (QED) is 0.676. The molecule has 23 heavy (non-hydrogen) atoms. The molecule has 2 rings (SSSR count). The molecule has 0 atom stereocenters. The van der Waals surface area contributed by atoms with Crippen LogP contribution in [-0.4, -0.2) is 5.11 Å². The van der Waals surface area contributed by atoms with E-state index in [0.717, 1.165) is 40.2 Å². The fraction of sp³-hybridized carbons (Fsp3) is 0.333. The van der Waals surface area contributed by atoms with Gasteiger partial charge in [0.25, 0.3) is 0 Å². The van der Waals surface area contributed by atoms with Crippen molar-refractivity contribution < 1.29 is 9.84 Å². The van der Waals surface area contributed by atoms with E-state index in [1.165, 1.54) is 5.56 Å². The molecule has 0 radical (unpaired) electrons. The van der Waals surface area contributed by atoms with Crippen LogP contribution in [0.3, 0.4) is 0 Å². The Morgan fingerprint density at radius 3 is 2.04 bits per heavy atom. The Hall–Kier alpha value is -2.22. The van der Waals surface area contributed by atoms with Crippen LogP contribution in [-0.2, 0) is 6.42 Å². The van der Waals surface area contributed by atoms with E-state index in [9.17, 15) is 5.11 Å². The monoisotopic (exact) mass is 312 g/mol. The molecule has 0 aromatic heterocycles. The maximum atomic E-state index is 9.58.